The van der Waals surface area contributed by atoms with Crippen LogP contribution in [0.5, 0.6) is 0 Å². The average Bonchev–Trinajstić information content (AvgIpc) is 1.99. The standard InChI is InChI=1S/C9H8Br2/c1-4-7(5-2)8(6-3)9(10)11/h1-2,6-9H,3H2. The van der Waals surface area contributed by atoms with Gasteiger partial charge in [-0.25, -0.2) is 0 Å². The van der Waals surface area contributed by atoms with Crippen molar-refractivity contribution in [2.75, 3.05) is 0 Å². The minimum absolute atomic E-state index is 0.0741. The van der Waals surface area contributed by atoms with Gasteiger partial charge in [0.25, 0.3) is 0 Å². The average molecular weight is 276 g/mol. The molecule has 0 aromatic rings. The molecule has 0 radical (unpaired) electrons. The molecule has 0 aliphatic heterocycles. The van der Waals surface area contributed by atoms with Crippen LogP contribution in [0.3, 0.4) is 0 Å². The number of terminal acetylenes is 2. The zero-order valence-corrected chi connectivity index (χ0v) is 9.10. The fraction of sp³-hybridized carbons (Fsp3) is 0.333. The van der Waals surface area contributed by atoms with E-state index in [1.807, 2.05) is 0 Å². The molecule has 0 spiro atoms. The van der Waals surface area contributed by atoms with Crippen molar-refractivity contribution in [1.82, 2.24) is 0 Å². The van der Waals surface area contributed by atoms with E-state index in [0.717, 1.165) is 0 Å². The molecule has 0 aromatic carbocycles. The van der Waals surface area contributed by atoms with E-state index >= 15 is 0 Å². The maximum absolute atomic E-state index is 5.22. The van der Waals surface area contributed by atoms with Crippen molar-refractivity contribution in [2.24, 2.45) is 11.8 Å². The van der Waals surface area contributed by atoms with Gasteiger partial charge < -0.3 is 0 Å². The van der Waals surface area contributed by atoms with Gasteiger partial charge in [0.05, 0.1) is 9.65 Å². The zero-order chi connectivity index (χ0) is 8.85. The summed E-state index contributed by atoms with van der Waals surface area (Å²) >= 11 is 6.68. The number of allylic oxidation sites excluding steroid dienone is 1. The number of halogens is 2. The first-order valence-electron chi connectivity index (χ1n) is 3.00. The van der Waals surface area contributed by atoms with Gasteiger partial charge in [-0.15, -0.1) is 19.4 Å². The summed E-state index contributed by atoms with van der Waals surface area (Å²) in [4.78, 5) is 0. The lowest BCUT2D eigenvalue weighted by atomic mass is 9.96. The summed E-state index contributed by atoms with van der Waals surface area (Å²) in [6.07, 6.45) is 12.2. The van der Waals surface area contributed by atoms with Gasteiger partial charge in [-0.05, 0) is 0 Å². The SMILES string of the molecule is C#CC(C#C)C(C=C)C(Br)Br. The summed E-state index contributed by atoms with van der Waals surface area (Å²) in [5, 5.41) is 0. The fourth-order valence-corrected chi connectivity index (χ4v) is 1.70. The molecule has 58 valence electrons. The van der Waals surface area contributed by atoms with E-state index in [9.17, 15) is 0 Å². The van der Waals surface area contributed by atoms with Crippen LogP contribution in [-0.2, 0) is 0 Å². The van der Waals surface area contributed by atoms with Crippen LogP contribution in [0.25, 0.3) is 0 Å². The molecule has 11 heavy (non-hydrogen) atoms. The first-order chi connectivity index (χ1) is 5.17. The minimum atomic E-state index is -0.198. The van der Waals surface area contributed by atoms with Gasteiger partial charge in [0.1, 0.15) is 0 Å². The Morgan fingerprint density at radius 2 is 1.73 bits per heavy atom. The second-order valence-corrected chi connectivity index (χ2v) is 5.16. The second kappa shape index (κ2) is 5.47. The van der Waals surface area contributed by atoms with Crippen molar-refractivity contribution in [3.63, 3.8) is 0 Å². The Morgan fingerprint density at radius 1 is 1.27 bits per heavy atom. The minimum Gasteiger partial charge on any atom is -0.119 e. The molecule has 0 aliphatic carbocycles. The highest BCUT2D eigenvalue weighted by Crippen LogP contribution is 2.26. The summed E-state index contributed by atoms with van der Waals surface area (Å²) in [6.45, 7) is 3.65. The maximum Gasteiger partial charge on any atom is 0.0887 e. The molecule has 0 bridgehead atoms. The Labute approximate surface area is 84.7 Å². The predicted octanol–water partition coefficient (Wildman–Crippen LogP) is 2.79. The lowest BCUT2D eigenvalue weighted by Crippen LogP contribution is -2.14. The van der Waals surface area contributed by atoms with E-state index in [1.165, 1.54) is 0 Å². The van der Waals surface area contributed by atoms with Crippen LogP contribution in [0, 0.1) is 36.5 Å². The number of hydrogen-bond donors (Lipinski definition) is 0. The predicted molar refractivity (Wildman–Crippen MR) is 56.5 cm³/mol. The van der Waals surface area contributed by atoms with Gasteiger partial charge in [0.15, 0.2) is 0 Å². The third-order valence-electron chi connectivity index (χ3n) is 1.31. The molecule has 0 aliphatic rings. The molecule has 0 heterocycles. The molecule has 0 nitrogen and oxygen atoms in total. The normalized spacial score (nSPS) is 12.2. The van der Waals surface area contributed by atoms with E-state index in [1.54, 1.807) is 6.08 Å². The van der Waals surface area contributed by atoms with E-state index in [4.69, 9.17) is 12.8 Å². The Morgan fingerprint density at radius 3 is 1.82 bits per heavy atom. The van der Waals surface area contributed by atoms with E-state index in [0.29, 0.717) is 0 Å². The summed E-state index contributed by atoms with van der Waals surface area (Å²) in [6, 6.07) is 0. The van der Waals surface area contributed by atoms with Gasteiger partial charge in [0, 0.05) is 5.92 Å². The highest BCUT2D eigenvalue weighted by Gasteiger charge is 2.19. The van der Waals surface area contributed by atoms with Crippen LogP contribution >= 0.6 is 31.9 Å². The summed E-state index contributed by atoms with van der Waals surface area (Å²) < 4.78 is 0.0876. The van der Waals surface area contributed by atoms with Crippen molar-refractivity contribution in [2.45, 2.75) is 3.74 Å². The largest absolute Gasteiger partial charge is 0.119 e. The Kier molecular flexibility index (Phi) is 5.38. The summed E-state index contributed by atoms with van der Waals surface area (Å²) in [7, 11) is 0. The molecule has 0 N–H and O–H groups in total. The molecule has 1 unspecified atom stereocenters. The Balaban J connectivity index is 4.40. The van der Waals surface area contributed by atoms with Crippen molar-refractivity contribution in [3.05, 3.63) is 12.7 Å². The fourth-order valence-electron chi connectivity index (χ4n) is 0.655. The maximum atomic E-state index is 5.22. The molecule has 0 amide bonds. The van der Waals surface area contributed by atoms with Crippen molar-refractivity contribution in [1.29, 1.82) is 0 Å². The van der Waals surface area contributed by atoms with E-state index < -0.39 is 0 Å². The molecule has 0 fully saturated rings. The molecule has 2 heteroatoms. The van der Waals surface area contributed by atoms with Crippen LogP contribution in [-0.4, -0.2) is 3.74 Å². The van der Waals surface area contributed by atoms with Crippen LogP contribution in [0.15, 0.2) is 12.7 Å². The van der Waals surface area contributed by atoms with Crippen molar-refractivity contribution >= 4 is 31.9 Å². The van der Waals surface area contributed by atoms with E-state index in [-0.39, 0.29) is 15.6 Å². The number of rotatable bonds is 3. The monoisotopic (exact) mass is 274 g/mol. The Bertz CT molecular complexity index is 191. The highest BCUT2D eigenvalue weighted by molar-refractivity contribution is 9.24. The highest BCUT2D eigenvalue weighted by atomic mass is 79.9. The van der Waals surface area contributed by atoms with Gasteiger partial charge in [-0.3, -0.25) is 0 Å². The van der Waals surface area contributed by atoms with Gasteiger partial charge >= 0.3 is 0 Å². The molecule has 0 saturated carbocycles. The van der Waals surface area contributed by atoms with E-state index in [2.05, 4.69) is 50.3 Å². The smallest absolute Gasteiger partial charge is 0.0887 e. The first kappa shape index (κ1) is 10.8. The van der Waals surface area contributed by atoms with Crippen LogP contribution in [0.4, 0.5) is 0 Å². The molecule has 0 aromatic heterocycles. The van der Waals surface area contributed by atoms with Crippen LogP contribution < -0.4 is 0 Å². The molecule has 0 rings (SSSR count). The number of hydrogen-bond acceptors (Lipinski definition) is 0. The summed E-state index contributed by atoms with van der Waals surface area (Å²) in [5.74, 6) is 4.91. The third kappa shape index (κ3) is 3.14. The van der Waals surface area contributed by atoms with Crippen molar-refractivity contribution in [3.8, 4) is 24.7 Å². The van der Waals surface area contributed by atoms with Crippen LogP contribution in [0.2, 0.25) is 0 Å². The molecular weight excluding hydrogens is 268 g/mol. The second-order valence-electron chi connectivity index (χ2n) is 1.96. The quantitative estimate of drug-likeness (QED) is 0.422. The zero-order valence-electron chi connectivity index (χ0n) is 5.93. The first-order valence-corrected chi connectivity index (χ1v) is 4.83. The van der Waals surface area contributed by atoms with Gasteiger partial charge in [0.2, 0.25) is 0 Å². The van der Waals surface area contributed by atoms with Crippen LogP contribution in [0.1, 0.15) is 0 Å². The lowest BCUT2D eigenvalue weighted by Gasteiger charge is -2.15. The third-order valence-corrected chi connectivity index (χ3v) is 2.53. The van der Waals surface area contributed by atoms with Gasteiger partial charge in [-0.1, -0.05) is 49.8 Å². The molecule has 1 atom stereocenters. The lowest BCUT2D eigenvalue weighted by molar-refractivity contribution is 0.649. The molecular formula is C9H8Br2. The van der Waals surface area contributed by atoms with Gasteiger partial charge in [-0.2, -0.15) is 0 Å². The summed E-state index contributed by atoms with van der Waals surface area (Å²) in [5.41, 5.74) is 0. The molecule has 0 saturated heterocycles. The van der Waals surface area contributed by atoms with Crippen molar-refractivity contribution < 1.29 is 0 Å². The Hall–Kier alpha value is -0.180. The number of alkyl halides is 2. The topological polar surface area (TPSA) is 0 Å².